The number of benzene rings is 2. The number of likely N-dealkylation sites (tertiary alicyclic amines) is 1. The van der Waals surface area contributed by atoms with Crippen LogP contribution in [0.2, 0.25) is 5.02 Å². The van der Waals surface area contributed by atoms with Crippen molar-refractivity contribution in [2.75, 3.05) is 13.2 Å². The smallest absolute Gasteiger partial charge is 0.295 e. The number of ether oxygens (including phenoxy) is 2. The van der Waals surface area contributed by atoms with Crippen molar-refractivity contribution >= 4 is 29.1 Å². The number of Topliss-reactive ketones (excluding diaryl/α,β-unsaturated/α-hetero) is 1. The number of halogens is 1. The van der Waals surface area contributed by atoms with E-state index in [2.05, 4.69) is 4.98 Å². The highest BCUT2D eigenvalue weighted by Gasteiger charge is 2.46. The average molecular weight is 463 g/mol. The summed E-state index contributed by atoms with van der Waals surface area (Å²) in [4.78, 5) is 31.7. The topological polar surface area (TPSA) is 89.0 Å². The van der Waals surface area contributed by atoms with Crippen LogP contribution < -0.4 is 9.47 Å². The summed E-state index contributed by atoms with van der Waals surface area (Å²) in [6, 6.07) is 14.6. The van der Waals surface area contributed by atoms with E-state index < -0.39 is 17.7 Å². The summed E-state index contributed by atoms with van der Waals surface area (Å²) in [7, 11) is 0. The van der Waals surface area contributed by atoms with E-state index in [0.717, 1.165) is 5.56 Å². The number of pyridine rings is 1. The van der Waals surface area contributed by atoms with Gasteiger partial charge in [0.25, 0.3) is 11.7 Å². The molecule has 2 aliphatic heterocycles. The minimum atomic E-state index is -0.788. The molecular formula is C25H19ClN2O5. The van der Waals surface area contributed by atoms with E-state index in [-0.39, 0.29) is 17.9 Å². The van der Waals surface area contributed by atoms with Crippen LogP contribution in [0, 0.1) is 0 Å². The molecule has 1 amide bonds. The summed E-state index contributed by atoms with van der Waals surface area (Å²) in [5.74, 6) is -0.686. The molecule has 0 saturated carbocycles. The Morgan fingerprint density at radius 2 is 1.70 bits per heavy atom. The lowest BCUT2D eigenvalue weighted by molar-refractivity contribution is -0.140. The maximum Gasteiger partial charge on any atom is 0.295 e. The molecule has 0 radical (unpaired) electrons. The summed E-state index contributed by atoms with van der Waals surface area (Å²) >= 11 is 6.06. The second-order valence-electron chi connectivity index (χ2n) is 7.69. The molecule has 1 fully saturated rings. The standard InChI is InChI=1S/C25H19ClN2O5/c26-18-4-1-16(2-5-18)22-21(23(29)17-3-6-19-20(13-17)33-12-11-32-19)24(30)25(31)28(22)14-15-7-9-27-10-8-15/h1-10,13,22,29H,11-12,14H2. The number of fused-ring (bicyclic) bond motifs is 1. The predicted molar refractivity (Wildman–Crippen MR) is 121 cm³/mol. The summed E-state index contributed by atoms with van der Waals surface area (Å²) in [6.07, 6.45) is 3.25. The number of carbonyl (C=O) groups excluding carboxylic acids is 2. The van der Waals surface area contributed by atoms with Gasteiger partial charge in [0.15, 0.2) is 11.5 Å². The first-order chi connectivity index (χ1) is 16.0. The molecule has 1 unspecified atom stereocenters. The number of amides is 1. The molecule has 1 N–H and O–H groups in total. The zero-order chi connectivity index (χ0) is 22.9. The summed E-state index contributed by atoms with van der Waals surface area (Å²) in [6.45, 7) is 1.01. The first-order valence-corrected chi connectivity index (χ1v) is 10.7. The van der Waals surface area contributed by atoms with Crippen molar-refractivity contribution in [3.63, 3.8) is 0 Å². The van der Waals surface area contributed by atoms with E-state index in [1.54, 1.807) is 67.0 Å². The van der Waals surface area contributed by atoms with Gasteiger partial charge in [-0.25, -0.2) is 0 Å². The second-order valence-corrected chi connectivity index (χ2v) is 8.13. The van der Waals surface area contributed by atoms with Gasteiger partial charge >= 0.3 is 0 Å². The molecule has 0 bridgehead atoms. The van der Waals surface area contributed by atoms with Crippen LogP contribution in [0.1, 0.15) is 22.7 Å². The Kier molecular flexibility index (Phi) is 5.48. The van der Waals surface area contributed by atoms with E-state index in [0.29, 0.717) is 40.9 Å². The number of rotatable bonds is 4. The fourth-order valence-electron chi connectivity index (χ4n) is 4.07. The number of carbonyl (C=O) groups is 2. The summed E-state index contributed by atoms with van der Waals surface area (Å²) < 4.78 is 11.1. The normalized spacial score (nSPS) is 19.1. The summed E-state index contributed by atoms with van der Waals surface area (Å²) in [5, 5.41) is 11.8. The van der Waals surface area contributed by atoms with E-state index in [9.17, 15) is 14.7 Å². The van der Waals surface area contributed by atoms with E-state index in [1.165, 1.54) is 4.90 Å². The molecule has 1 atom stereocenters. The molecule has 33 heavy (non-hydrogen) atoms. The van der Waals surface area contributed by atoms with Gasteiger partial charge in [-0.2, -0.15) is 0 Å². The van der Waals surface area contributed by atoms with Crippen molar-refractivity contribution in [1.29, 1.82) is 0 Å². The summed E-state index contributed by atoms with van der Waals surface area (Å²) in [5.41, 5.74) is 1.84. The molecule has 2 aliphatic rings. The number of aromatic nitrogens is 1. The van der Waals surface area contributed by atoms with Gasteiger partial charge in [0.05, 0.1) is 11.6 Å². The van der Waals surface area contributed by atoms with Crippen molar-refractivity contribution in [1.82, 2.24) is 9.88 Å². The van der Waals surface area contributed by atoms with Gasteiger partial charge in [-0.3, -0.25) is 14.6 Å². The zero-order valence-corrected chi connectivity index (χ0v) is 18.2. The van der Waals surface area contributed by atoms with Crippen LogP contribution in [0.3, 0.4) is 0 Å². The van der Waals surface area contributed by atoms with Crippen LogP contribution in [0.4, 0.5) is 0 Å². The van der Waals surface area contributed by atoms with Crippen LogP contribution in [0.15, 0.2) is 72.6 Å². The fourth-order valence-corrected chi connectivity index (χ4v) is 4.19. The average Bonchev–Trinajstić information content (AvgIpc) is 3.09. The van der Waals surface area contributed by atoms with Gasteiger partial charge in [-0.05, 0) is 53.6 Å². The molecule has 0 aliphatic carbocycles. The lowest BCUT2D eigenvalue weighted by Gasteiger charge is -2.25. The van der Waals surface area contributed by atoms with Crippen molar-refractivity contribution in [2.24, 2.45) is 0 Å². The number of ketones is 1. The van der Waals surface area contributed by atoms with Gasteiger partial charge in [-0.1, -0.05) is 23.7 Å². The number of aliphatic hydroxyl groups is 1. The number of nitrogens with zero attached hydrogens (tertiary/aromatic N) is 2. The third-order valence-electron chi connectivity index (χ3n) is 5.64. The number of hydrogen-bond donors (Lipinski definition) is 1. The van der Waals surface area contributed by atoms with Gasteiger partial charge < -0.3 is 19.5 Å². The highest BCUT2D eigenvalue weighted by Crippen LogP contribution is 2.42. The molecule has 3 aromatic rings. The third kappa shape index (κ3) is 3.91. The van der Waals surface area contributed by atoms with Crippen molar-refractivity contribution < 1.29 is 24.2 Å². The highest BCUT2D eigenvalue weighted by molar-refractivity contribution is 6.46. The molecule has 0 spiro atoms. The lowest BCUT2D eigenvalue weighted by Crippen LogP contribution is -2.29. The number of aliphatic hydroxyl groups excluding tert-OH is 1. The Labute approximate surface area is 194 Å². The van der Waals surface area contributed by atoms with E-state index in [4.69, 9.17) is 21.1 Å². The van der Waals surface area contributed by atoms with Crippen LogP contribution in [-0.2, 0) is 16.1 Å². The zero-order valence-electron chi connectivity index (χ0n) is 17.4. The van der Waals surface area contributed by atoms with Crippen LogP contribution in [0.5, 0.6) is 11.5 Å². The first-order valence-electron chi connectivity index (χ1n) is 10.4. The molecule has 166 valence electrons. The Morgan fingerprint density at radius 3 is 2.42 bits per heavy atom. The molecule has 1 aromatic heterocycles. The monoisotopic (exact) mass is 462 g/mol. The van der Waals surface area contributed by atoms with Crippen LogP contribution in [0.25, 0.3) is 5.76 Å². The fraction of sp³-hybridized carbons (Fsp3) is 0.160. The maximum atomic E-state index is 13.2. The molecule has 3 heterocycles. The predicted octanol–water partition coefficient (Wildman–Crippen LogP) is 4.13. The molecule has 2 aromatic carbocycles. The largest absolute Gasteiger partial charge is 0.507 e. The lowest BCUT2D eigenvalue weighted by atomic mass is 9.95. The minimum absolute atomic E-state index is 0.00746. The minimum Gasteiger partial charge on any atom is -0.507 e. The molecule has 7 nitrogen and oxygen atoms in total. The van der Waals surface area contributed by atoms with E-state index >= 15 is 0 Å². The van der Waals surface area contributed by atoms with Gasteiger partial charge in [0.1, 0.15) is 19.0 Å². The van der Waals surface area contributed by atoms with Crippen molar-refractivity contribution in [3.8, 4) is 11.5 Å². The first kappa shape index (κ1) is 21.0. The quantitative estimate of drug-likeness (QED) is 0.356. The highest BCUT2D eigenvalue weighted by atomic mass is 35.5. The Hall–Kier alpha value is -3.84. The maximum absolute atomic E-state index is 13.2. The van der Waals surface area contributed by atoms with Crippen LogP contribution >= 0.6 is 11.6 Å². The second kappa shape index (κ2) is 8.60. The third-order valence-corrected chi connectivity index (χ3v) is 5.90. The SMILES string of the molecule is O=C1C(=O)N(Cc2ccncc2)C(c2ccc(Cl)cc2)C1=C(O)c1ccc2c(c1)OCCO2. The Balaban J connectivity index is 1.63. The molecule has 5 rings (SSSR count). The molecular weight excluding hydrogens is 444 g/mol. The van der Waals surface area contributed by atoms with E-state index in [1.807, 2.05) is 0 Å². The van der Waals surface area contributed by atoms with Gasteiger partial charge in [0.2, 0.25) is 0 Å². The van der Waals surface area contributed by atoms with Crippen molar-refractivity contribution in [2.45, 2.75) is 12.6 Å². The number of hydrogen-bond acceptors (Lipinski definition) is 6. The van der Waals surface area contributed by atoms with Crippen molar-refractivity contribution in [3.05, 3.63) is 94.3 Å². The Bertz CT molecular complexity index is 1260. The van der Waals surface area contributed by atoms with Gasteiger partial charge in [0, 0.05) is 29.5 Å². The van der Waals surface area contributed by atoms with Crippen LogP contribution in [-0.4, -0.2) is 39.9 Å². The molecule has 1 saturated heterocycles. The Morgan fingerprint density at radius 1 is 1.00 bits per heavy atom. The van der Waals surface area contributed by atoms with Gasteiger partial charge in [-0.15, -0.1) is 0 Å². The molecule has 8 heteroatoms.